The van der Waals surface area contributed by atoms with E-state index in [-0.39, 0.29) is 11.3 Å². The highest BCUT2D eigenvalue weighted by Gasteiger charge is 2.12. The number of carbonyl (C=O) groups is 1. The highest BCUT2D eigenvalue weighted by atomic mass is 35.5. The van der Waals surface area contributed by atoms with Gasteiger partial charge >= 0.3 is 0 Å². The first-order valence-electron chi connectivity index (χ1n) is 9.62. The minimum Gasteiger partial charge on any atom is -0.507 e. The molecule has 0 radical (unpaired) electrons. The molecule has 0 fully saturated rings. The molecule has 0 aliphatic rings. The van der Waals surface area contributed by atoms with E-state index in [1.54, 1.807) is 12.1 Å². The Morgan fingerprint density at radius 2 is 1.65 bits per heavy atom. The predicted octanol–water partition coefficient (Wildman–Crippen LogP) is 5.54. The normalized spacial score (nSPS) is 11.0. The summed E-state index contributed by atoms with van der Waals surface area (Å²) in [4.78, 5) is 12.5. The number of phenolic OH excluding ortho intramolecular Hbond substituents is 1. The third kappa shape index (κ3) is 4.85. The molecule has 1 amide bonds. The number of hydrazone groups is 1. The van der Waals surface area contributed by atoms with E-state index in [0.717, 1.165) is 16.3 Å². The number of carbonyl (C=O) groups excluding carboxylic acids is 1. The van der Waals surface area contributed by atoms with Gasteiger partial charge in [0.1, 0.15) is 18.1 Å². The lowest BCUT2D eigenvalue weighted by molar-refractivity contribution is 0.0952. The first-order valence-corrected chi connectivity index (χ1v) is 10.00. The number of nitrogens with one attached hydrogen (secondary N) is 1. The molecule has 0 bridgehead atoms. The van der Waals surface area contributed by atoms with Gasteiger partial charge in [-0.25, -0.2) is 5.43 Å². The number of benzene rings is 4. The van der Waals surface area contributed by atoms with Crippen molar-refractivity contribution in [1.82, 2.24) is 5.43 Å². The number of ether oxygens (including phenoxy) is 1. The molecule has 4 rings (SSSR count). The Bertz CT molecular complexity index is 1270. The fourth-order valence-corrected chi connectivity index (χ4v) is 3.31. The standard InChI is InChI=1S/C25H19ClN2O3/c26-22-11-5-3-10-20(22)16-31-24-12-6-4-9-19(24)15-27-28-25(30)21-13-17-7-1-2-8-18(17)14-23(21)29/h1-15,29H,16H2,(H,28,30). The molecule has 4 aromatic rings. The molecule has 0 atom stereocenters. The maximum absolute atomic E-state index is 12.5. The summed E-state index contributed by atoms with van der Waals surface area (Å²) >= 11 is 6.18. The number of amides is 1. The van der Waals surface area contributed by atoms with E-state index in [4.69, 9.17) is 16.3 Å². The molecule has 6 heteroatoms. The van der Waals surface area contributed by atoms with Crippen LogP contribution in [0.25, 0.3) is 10.8 Å². The predicted molar refractivity (Wildman–Crippen MR) is 123 cm³/mol. The third-order valence-electron chi connectivity index (χ3n) is 4.74. The molecule has 0 heterocycles. The van der Waals surface area contributed by atoms with Crippen molar-refractivity contribution in [3.8, 4) is 11.5 Å². The molecule has 0 spiro atoms. The van der Waals surface area contributed by atoms with Gasteiger partial charge in [-0.3, -0.25) is 4.79 Å². The number of halogens is 1. The molecule has 0 saturated heterocycles. The second kappa shape index (κ2) is 9.32. The number of hydrogen-bond donors (Lipinski definition) is 2. The molecule has 0 aliphatic heterocycles. The van der Waals surface area contributed by atoms with E-state index >= 15 is 0 Å². The van der Waals surface area contributed by atoms with E-state index in [1.807, 2.05) is 72.8 Å². The van der Waals surface area contributed by atoms with Gasteiger partial charge in [-0.15, -0.1) is 0 Å². The summed E-state index contributed by atoms with van der Waals surface area (Å²) in [6.45, 7) is 0.307. The number of fused-ring (bicyclic) bond motifs is 1. The van der Waals surface area contributed by atoms with Crippen LogP contribution in [0.1, 0.15) is 21.5 Å². The van der Waals surface area contributed by atoms with Gasteiger partial charge in [0.05, 0.1) is 11.8 Å². The second-order valence-electron chi connectivity index (χ2n) is 6.83. The second-order valence-corrected chi connectivity index (χ2v) is 7.24. The van der Waals surface area contributed by atoms with Crippen LogP contribution in [0, 0.1) is 0 Å². The number of aromatic hydroxyl groups is 1. The number of para-hydroxylation sites is 1. The molecule has 0 aromatic heterocycles. The van der Waals surface area contributed by atoms with Crippen molar-refractivity contribution >= 4 is 34.5 Å². The first-order chi connectivity index (χ1) is 15.1. The zero-order valence-electron chi connectivity index (χ0n) is 16.5. The van der Waals surface area contributed by atoms with Gasteiger partial charge in [0.25, 0.3) is 5.91 Å². The minimum atomic E-state index is -0.506. The van der Waals surface area contributed by atoms with Crippen LogP contribution in [0.5, 0.6) is 11.5 Å². The first kappa shape index (κ1) is 20.4. The molecule has 2 N–H and O–H groups in total. The summed E-state index contributed by atoms with van der Waals surface area (Å²) in [7, 11) is 0. The monoisotopic (exact) mass is 430 g/mol. The molecule has 154 valence electrons. The van der Waals surface area contributed by atoms with Crippen LogP contribution >= 0.6 is 11.6 Å². The number of phenols is 1. The van der Waals surface area contributed by atoms with Crippen LogP contribution < -0.4 is 10.2 Å². The maximum Gasteiger partial charge on any atom is 0.275 e. The average molecular weight is 431 g/mol. The van der Waals surface area contributed by atoms with Crippen LogP contribution in [0.3, 0.4) is 0 Å². The van der Waals surface area contributed by atoms with Crippen molar-refractivity contribution in [3.63, 3.8) is 0 Å². The van der Waals surface area contributed by atoms with Crippen molar-refractivity contribution in [2.75, 3.05) is 0 Å². The maximum atomic E-state index is 12.5. The Balaban J connectivity index is 1.46. The lowest BCUT2D eigenvalue weighted by Gasteiger charge is -2.10. The van der Waals surface area contributed by atoms with E-state index < -0.39 is 5.91 Å². The Morgan fingerprint density at radius 3 is 2.45 bits per heavy atom. The van der Waals surface area contributed by atoms with Crippen LogP contribution in [0.15, 0.2) is 90.0 Å². The van der Waals surface area contributed by atoms with Crippen LogP contribution in [0.4, 0.5) is 0 Å². The Kier molecular flexibility index (Phi) is 6.15. The van der Waals surface area contributed by atoms with Gasteiger partial charge in [-0.2, -0.15) is 5.10 Å². The van der Waals surface area contributed by atoms with Crippen LogP contribution in [-0.2, 0) is 6.61 Å². The summed E-state index contributed by atoms with van der Waals surface area (Å²) in [5.41, 5.74) is 4.17. The van der Waals surface area contributed by atoms with Gasteiger partial charge in [0.2, 0.25) is 0 Å². The fourth-order valence-electron chi connectivity index (χ4n) is 3.12. The van der Waals surface area contributed by atoms with Gasteiger partial charge < -0.3 is 9.84 Å². The molecule has 4 aromatic carbocycles. The quantitative estimate of drug-likeness (QED) is 0.311. The van der Waals surface area contributed by atoms with Gasteiger partial charge in [0, 0.05) is 16.1 Å². The SMILES string of the molecule is O=C(NN=Cc1ccccc1OCc1ccccc1Cl)c1cc2ccccc2cc1O. The van der Waals surface area contributed by atoms with E-state index in [0.29, 0.717) is 22.9 Å². The zero-order chi connectivity index (χ0) is 21.6. The highest BCUT2D eigenvalue weighted by molar-refractivity contribution is 6.31. The summed E-state index contributed by atoms with van der Waals surface area (Å²) in [5.74, 6) is -0.00202. The lowest BCUT2D eigenvalue weighted by Crippen LogP contribution is -2.17. The van der Waals surface area contributed by atoms with Crippen molar-refractivity contribution in [2.45, 2.75) is 6.61 Å². The largest absolute Gasteiger partial charge is 0.507 e. The lowest BCUT2D eigenvalue weighted by atomic mass is 10.1. The summed E-state index contributed by atoms with van der Waals surface area (Å²) in [6.07, 6.45) is 1.50. The van der Waals surface area contributed by atoms with Crippen LogP contribution in [-0.4, -0.2) is 17.2 Å². The van der Waals surface area contributed by atoms with E-state index in [1.165, 1.54) is 6.21 Å². The Hall–Kier alpha value is -3.83. The fraction of sp³-hybridized carbons (Fsp3) is 0.0400. The van der Waals surface area contributed by atoms with Crippen molar-refractivity contribution in [1.29, 1.82) is 0 Å². The topological polar surface area (TPSA) is 70.9 Å². The van der Waals surface area contributed by atoms with E-state index in [2.05, 4.69) is 10.5 Å². The van der Waals surface area contributed by atoms with Crippen molar-refractivity contribution < 1.29 is 14.6 Å². The molecule has 0 saturated carbocycles. The minimum absolute atomic E-state index is 0.102. The summed E-state index contributed by atoms with van der Waals surface area (Å²) < 4.78 is 5.89. The van der Waals surface area contributed by atoms with Gasteiger partial charge in [-0.05, 0) is 41.1 Å². The molecule has 0 aliphatic carbocycles. The molecule has 5 nitrogen and oxygen atoms in total. The van der Waals surface area contributed by atoms with E-state index in [9.17, 15) is 9.90 Å². The summed E-state index contributed by atoms with van der Waals surface area (Å²) in [5, 5.41) is 16.6. The van der Waals surface area contributed by atoms with Crippen LogP contribution in [0.2, 0.25) is 5.02 Å². The number of nitrogens with zero attached hydrogens (tertiary/aromatic N) is 1. The van der Waals surface area contributed by atoms with Gasteiger partial charge in [-0.1, -0.05) is 66.2 Å². The molecule has 31 heavy (non-hydrogen) atoms. The van der Waals surface area contributed by atoms with Gasteiger partial charge in [0.15, 0.2) is 0 Å². The third-order valence-corrected chi connectivity index (χ3v) is 5.11. The molecular formula is C25H19ClN2O3. The zero-order valence-corrected chi connectivity index (χ0v) is 17.2. The summed E-state index contributed by atoms with van der Waals surface area (Å²) in [6, 6.07) is 25.5. The highest BCUT2D eigenvalue weighted by Crippen LogP contribution is 2.25. The van der Waals surface area contributed by atoms with Crippen molar-refractivity contribution in [2.24, 2.45) is 5.10 Å². The molecular weight excluding hydrogens is 412 g/mol. The van der Waals surface area contributed by atoms with Crippen molar-refractivity contribution in [3.05, 3.63) is 107 Å². The number of rotatable bonds is 6. The molecule has 0 unspecified atom stereocenters. The smallest absolute Gasteiger partial charge is 0.275 e. The average Bonchev–Trinajstić information content (AvgIpc) is 2.78. The number of hydrogen-bond acceptors (Lipinski definition) is 4. The Labute approximate surface area is 184 Å². The Morgan fingerprint density at radius 1 is 0.968 bits per heavy atom.